The van der Waals surface area contributed by atoms with Gasteiger partial charge in [0.2, 0.25) is 0 Å². The molecule has 7 heteroatoms. The lowest BCUT2D eigenvalue weighted by atomic mass is 10.2. The summed E-state index contributed by atoms with van der Waals surface area (Å²) in [6, 6.07) is 2.59. The van der Waals surface area contributed by atoms with Crippen molar-refractivity contribution in [3.8, 4) is 0 Å². The molecule has 2 aliphatic carbocycles. The van der Waals surface area contributed by atoms with Gasteiger partial charge in [-0.05, 0) is 58.4 Å². The molecule has 3 aliphatic rings. The lowest BCUT2D eigenvalue weighted by molar-refractivity contribution is 0.0957. The summed E-state index contributed by atoms with van der Waals surface area (Å²) in [5, 5.41) is 9.79. The number of nitrogens with zero attached hydrogens (tertiary/aromatic N) is 4. The number of carbonyl (C=O) groups excluding carboxylic acids is 1. The van der Waals surface area contributed by atoms with E-state index in [4.69, 9.17) is 4.74 Å². The van der Waals surface area contributed by atoms with E-state index in [0.29, 0.717) is 17.7 Å². The maximum absolute atomic E-state index is 13.0. The molecule has 1 saturated heterocycles. The lowest BCUT2D eigenvalue weighted by Crippen LogP contribution is -2.17. The van der Waals surface area contributed by atoms with Gasteiger partial charge in [0.1, 0.15) is 5.82 Å². The minimum atomic E-state index is 0.176. The zero-order valence-corrected chi connectivity index (χ0v) is 17.5. The Bertz CT molecular complexity index is 889. The Kier molecular flexibility index (Phi) is 4.83. The van der Waals surface area contributed by atoms with Crippen LogP contribution < -0.4 is 0 Å². The molecule has 28 heavy (non-hydrogen) atoms. The predicted octanol–water partition coefficient (Wildman–Crippen LogP) is 4.06. The number of rotatable bonds is 8. The van der Waals surface area contributed by atoms with Crippen LogP contribution in [0.1, 0.15) is 78.1 Å². The summed E-state index contributed by atoms with van der Waals surface area (Å²) in [5.74, 6) is 2.33. The van der Waals surface area contributed by atoms with Crippen molar-refractivity contribution >= 4 is 17.5 Å². The Hall–Kier alpha value is -1.60. The third-order valence-corrected chi connectivity index (χ3v) is 7.11. The van der Waals surface area contributed by atoms with E-state index in [9.17, 15) is 4.79 Å². The summed E-state index contributed by atoms with van der Waals surface area (Å²) in [7, 11) is 0. The van der Waals surface area contributed by atoms with Crippen molar-refractivity contribution in [2.45, 2.75) is 82.1 Å². The molecule has 0 radical (unpaired) electrons. The number of aryl methyl sites for hydroxylation is 1. The Balaban J connectivity index is 1.28. The van der Waals surface area contributed by atoms with Crippen LogP contribution in [-0.4, -0.2) is 43.6 Å². The van der Waals surface area contributed by atoms with Gasteiger partial charge in [-0.3, -0.25) is 4.79 Å². The van der Waals surface area contributed by atoms with Gasteiger partial charge in [-0.15, -0.1) is 10.2 Å². The van der Waals surface area contributed by atoms with Crippen LogP contribution in [-0.2, 0) is 11.3 Å². The van der Waals surface area contributed by atoms with E-state index < -0.39 is 0 Å². The fourth-order valence-corrected chi connectivity index (χ4v) is 5.14. The predicted molar refractivity (Wildman–Crippen MR) is 108 cm³/mol. The summed E-state index contributed by atoms with van der Waals surface area (Å²) >= 11 is 1.55. The van der Waals surface area contributed by atoms with Gasteiger partial charge in [0.15, 0.2) is 10.9 Å². The monoisotopic (exact) mass is 400 g/mol. The van der Waals surface area contributed by atoms with Crippen LogP contribution in [0.25, 0.3) is 0 Å². The van der Waals surface area contributed by atoms with Crippen molar-refractivity contribution in [3.63, 3.8) is 0 Å². The summed E-state index contributed by atoms with van der Waals surface area (Å²) in [6.45, 7) is 5.84. The average molecular weight is 401 g/mol. The highest BCUT2D eigenvalue weighted by atomic mass is 32.2. The van der Waals surface area contributed by atoms with E-state index in [-0.39, 0.29) is 11.9 Å². The Labute approximate surface area is 170 Å². The van der Waals surface area contributed by atoms with Gasteiger partial charge in [-0.25, -0.2) is 0 Å². The molecule has 0 N–H and O–H groups in total. The highest BCUT2D eigenvalue weighted by Gasteiger charge is 2.36. The molecule has 5 rings (SSSR count). The van der Waals surface area contributed by atoms with Crippen molar-refractivity contribution in [3.05, 3.63) is 28.8 Å². The van der Waals surface area contributed by atoms with Crippen molar-refractivity contribution < 1.29 is 9.53 Å². The molecule has 1 atom stereocenters. The molecular formula is C21H28N4O2S. The third kappa shape index (κ3) is 3.54. The Morgan fingerprint density at radius 1 is 1.21 bits per heavy atom. The number of hydrogen-bond donors (Lipinski definition) is 0. The molecule has 3 fully saturated rings. The quantitative estimate of drug-likeness (QED) is 0.494. The largest absolute Gasteiger partial charge is 0.376 e. The topological polar surface area (TPSA) is 61.9 Å². The van der Waals surface area contributed by atoms with Crippen LogP contribution in [0, 0.1) is 13.8 Å². The molecule has 2 saturated carbocycles. The number of ketones is 1. The molecule has 0 spiro atoms. The first-order valence-corrected chi connectivity index (χ1v) is 11.5. The summed E-state index contributed by atoms with van der Waals surface area (Å²) in [4.78, 5) is 13.0. The van der Waals surface area contributed by atoms with Gasteiger partial charge in [0.05, 0.1) is 11.9 Å². The molecule has 0 amide bonds. The second-order valence-corrected chi connectivity index (χ2v) is 9.40. The molecule has 0 aromatic carbocycles. The van der Waals surface area contributed by atoms with Gasteiger partial charge >= 0.3 is 0 Å². The number of hydrogen-bond acceptors (Lipinski definition) is 5. The maximum Gasteiger partial charge on any atom is 0.191 e. The van der Waals surface area contributed by atoms with E-state index in [1.54, 1.807) is 11.8 Å². The molecule has 0 bridgehead atoms. The van der Waals surface area contributed by atoms with Crippen molar-refractivity contribution in [1.29, 1.82) is 0 Å². The van der Waals surface area contributed by atoms with Gasteiger partial charge in [0.25, 0.3) is 0 Å². The van der Waals surface area contributed by atoms with Crippen LogP contribution in [0.2, 0.25) is 0 Å². The van der Waals surface area contributed by atoms with Crippen molar-refractivity contribution in [2.24, 2.45) is 0 Å². The third-order valence-electron chi connectivity index (χ3n) is 6.16. The van der Waals surface area contributed by atoms with Crippen LogP contribution in [0.15, 0.2) is 11.2 Å². The number of aromatic nitrogens is 4. The normalized spacial score (nSPS) is 22.1. The Morgan fingerprint density at radius 3 is 2.71 bits per heavy atom. The molecule has 1 aliphatic heterocycles. The van der Waals surface area contributed by atoms with Crippen LogP contribution >= 0.6 is 11.8 Å². The van der Waals surface area contributed by atoms with Crippen LogP contribution in [0.5, 0.6) is 0 Å². The molecule has 2 aromatic rings. The maximum atomic E-state index is 13.0. The minimum absolute atomic E-state index is 0.176. The second-order valence-electron chi connectivity index (χ2n) is 8.46. The highest BCUT2D eigenvalue weighted by Crippen LogP contribution is 2.46. The van der Waals surface area contributed by atoms with Crippen LogP contribution in [0.3, 0.4) is 0 Å². The fourth-order valence-electron chi connectivity index (χ4n) is 4.25. The fraction of sp³-hybridized carbons (Fsp3) is 0.667. The van der Waals surface area contributed by atoms with Crippen molar-refractivity contribution in [2.75, 3.05) is 12.4 Å². The standard InChI is InChI=1S/C21H28N4O2S/c1-13-10-18(14(2)24(13)11-17-4-3-9-27-17)19(26)12-28-21-23-22-20(15-5-6-15)25(21)16-7-8-16/h10,15-17H,3-9,11-12H2,1-2H3/t17-/m1/s1. The second kappa shape index (κ2) is 7.34. The first-order chi connectivity index (χ1) is 13.6. The van der Waals surface area contributed by atoms with E-state index in [2.05, 4.69) is 33.2 Å². The zero-order valence-electron chi connectivity index (χ0n) is 16.7. The van der Waals surface area contributed by atoms with Gasteiger partial charge < -0.3 is 13.9 Å². The molecule has 2 aromatic heterocycles. The highest BCUT2D eigenvalue weighted by molar-refractivity contribution is 7.99. The minimum Gasteiger partial charge on any atom is -0.376 e. The first kappa shape index (κ1) is 18.4. The summed E-state index contributed by atoms with van der Waals surface area (Å²) in [5.41, 5.74) is 3.03. The molecule has 0 unspecified atom stereocenters. The average Bonchev–Trinajstić information content (AvgIpc) is 3.60. The van der Waals surface area contributed by atoms with E-state index >= 15 is 0 Å². The van der Waals surface area contributed by atoms with Gasteiger partial charge in [-0.2, -0.15) is 0 Å². The number of Topliss-reactive ketones (excluding diaryl/α,β-unsaturated/α-hetero) is 1. The molecule has 3 heterocycles. The van der Waals surface area contributed by atoms with Crippen LogP contribution in [0.4, 0.5) is 0 Å². The first-order valence-electron chi connectivity index (χ1n) is 10.5. The smallest absolute Gasteiger partial charge is 0.191 e. The zero-order chi connectivity index (χ0) is 19.3. The number of ether oxygens (including phenoxy) is 1. The van der Waals surface area contributed by atoms with E-state index in [1.165, 1.54) is 25.7 Å². The van der Waals surface area contributed by atoms with Gasteiger partial charge in [-0.1, -0.05) is 11.8 Å². The van der Waals surface area contributed by atoms with Crippen molar-refractivity contribution in [1.82, 2.24) is 19.3 Å². The van der Waals surface area contributed by atoms with E-state index in [1.807, 2.05) is 6.07 Å². The molecule has 6 nitrogen and oxygen atoms in total. The number of carbonyl (C=O) groups is 1. The number of thioether (sulfide) groups is 1. The summed E-state index contributed by atoms with van der Waals surface area (Å²) in [6.07, 6.45) is 7.40. The van der Waals surface area contributed by atoms with E-state index in [0.717, 1.165) is 53.9 Å². The molecule has 150 valence electrons. The SMILES string of the molecule is Cc1cc(C(=O)CSc2nnc(C3CC3)n2C2CC2)c(C)n1C[C@H]1CCCO1. The van der Waals surface area contributed by atoms with Gasteiger partial charge in [0, 0.05) is 42.1 Å². The lowest BCUT2D eigenvalue weighted by Gasteiger charge is -2.14. The molecular weight excluding hydrogens is 372 g/mol. The Morgan fingerprint density at radius 2 is 2.04 bits per heavy atom. The summed E-state index contributed by atoms with van der Waals surface area (Å²) < 4.78 is 10.3.